The third kappa shape index (κ3) is 20.9. The van der Waals surface area contributed by atoms with Crippen LogP contribution in [-0.4, -0.2) is 94.5 Å². The molecular weight excluding hydrogens is 1340 g/mol. The van der Waals surface area contributed by atoms with Crippen molar-refractivity contribution in [2.75, 3.05) is 7.11 Å². The predicted octanol–water partition coefficient (Wildman–Crippen LogP) is 19.4. The lowest BCUT2D eigenvalue weighted by Gasteiger charge is -2.46. The fourth-order valence-electron chi connectivity index (χ4n) is 13.8. The van der Waals surface area contributed by atoms with Gasteiger partial charge in [-0.05, 0) is 254 Å². The number of phenols is 1. The molecule has 0 saturated heterocycles. The van der Waals surface area contributed by atoms with Gasteiger partial charge in [0.2, 0.25) is 0 Å². The number of esters is 1. The number of aromatic hydroxyl groups is 1. The molecule has 0 heterocycles. The highest BCUT2D eigenvalue weighted by Gasteiger charge is 2.52. The molecule has 0 fully saturated rings. The fourth-order valence-corrected chi connectivity index (χ4v) is 52.5. The van der Waals surface area contributed by atoms with E-state index in [-0.39, 0.29) is 5.97 Å². The van der Waals surface area contributed by atoms with Crippen LogP contribution in [0.5, 0.6) is 28.7 Å². The average molecular weight is 1450 g/mol. The lowest BCUT2D eigenvalue weighted by atomic mass is 9.67. The van der Waals surface area contributed by atoms with Crippen LogP contribution in [0.15, 0.2) is 158 Å². The number of hydrogen-bond donors (Lipinski definition) is 1. The number of fused-ring (bicyclic) bond motifs is 3. The third-order valence-corrected chi connectivity index (χ3v) is 47.1. The lowest BCUT2D eigenvalue weighted by molar-refractivity contribution is -0.131. The van der Waals surface area contributed by atoms with Crippen molar-refractivity contribution < 1.29 is 62.5 Å². The molecular formula is C74H106O14Si8. The van der Waals surface area contributed by atoms with Crippen LogP contribution in [-0.2, 0) is 58.3 Å². The summed E-state index contributed by atoms with van der Waals surface area (Å²) in [7, 11) is -20.3. The molecule has 22 heteroatoms. The van der Waals surface area contributed by atoms with E-state index in [1.54, 1.807) is 7.11 Å². The Balaban J connectivity index is 0.00000657. The number of ether oxygens (including phenoxy) is 4. The van der Waals surface area contributed by atoms with E-state index in [1.807, 2.05) is 113 Å². The second-order valence-electron chi connectivity index (χ2n) is 27.9. The van der Waals surface area contributed by atoms with Gasteiger partial charge in [-0.25, -0.2) is 4.79 Å². The molecule has 0 radical (unpaired) electrons. The number of phenolic OH excluding ortho intramolecular Hbond substituents is 1. The van der Waals surface area contributed by atoms with Gasteiger partial charge in [0, 0.05) is 6.92 Å². The first-order chi connectivity index (χ1) is 45.7. The van der Waals surface area contributed by atoms with E-state index >= 15 is 0 Å². The third-order valence-electron chi connectivity index (χ3n) is 16.6. The van der Waals surface area contributed by atoms with Crippen LogP contribution in [0.1, 0.15) is 90.1 Å². The van der Waals surface area contributed by atoms with Crippen molar-refractivity contribution in [3.63, 3.8) is 0 Å². The van der Waals surface area contributed by atoms with E-state index in [2.05, 4.69) is 164 Å². The summed E-state index contributed by atoms with van der Waals surface area (Å²) in [5.74, 6) is 2.32. The summed E-state index contributed by atoms with van der Waals surface area (Å²) < 4.78 is 82.8. The van der Waals surface area contributed by atoms with Crippen LogP contribution in [0.25, 0.3) is 11.1 Å². The zero-order chi connectivity index (χ0) is 71.2. The molecule has 1 aliphatic rings. The highest BCUT2D eigenvalue weighted by molar-refractivity contribution is 6.92. The number of methoxy groups -OCH3 is 1. The van der Waals surface area contributed by atoms with Gasteiger partial charge in [-0.1, -0.05) is 141 Å². The molecule has 518 valence electrons. The van der Waals surface area contributed by atoms with E-state index in [0.717, 1.165) is 73.4 Å². The van der Waals surface area contributed by atoms with Gasteiger partial charge < -0.3 is 52.9 Å². The average Bonchev–Trinajstić information content (AvgIpc) is 1.55. The number of hydrogen-bond acceptors (Lipinski definition) is 14. The van der Waals surface area contributed by atoms with Crippen LogP contribution in [0.4, 0.5) is 4.79 Å². The molecule has 14 nitrogen and oxygen atoms in total. The molecule has 0 bridgehead atoms. The van der Waals surface area contributed by atoms with Crippen molar-refractivity contribution in [2.45, 2.75) is 188 Å². The van der Waals surface area contributed by atoms with Gasteiger partial charge in [0.15, 0.2) is 17.4 Å². The summed E-state index contributed by atoms with van der Waals surface area (Å²) in [6, 6.07) is 54.4. The number of benzene rings is 7. The fraction of sp³-hybridized carbons (Fsp3) is 0.405. The SMILES string of the molecule is CC.[3H]Oc1ccccc1CCC[Si](C)(O[Si](C)(C)O[Si](C)(CCCc1ccccc1OC(=O)Oc1cc(C2(c3ccc(C)c(OC)c3)c3ccccc3-c3ccccc32)ccc1C)O[Si](C)(C)C)O[Si](C)(C)O[Si](C)(CCCc1ccccc1OC(C)=O)O[Si](C)(C)O[SiH](C)C. The van der Waals surface area contributed by atoms with Gasteiger partial charge in [-0.15, -0.1) is 0 Å². The van der Waals surface area contributed by atoms with E-state index in [4.69, 9.17) is 54.3 Å². The highest BCUT2D eigenvalue weighted by Crippen LogP contribution is 2.57. The molecule has 7 aromatic rings. The maximum absolute atomic E-state index is 14.2. The summed E-state index contributed by atoms with van der Waals surface area (Å²) >= 11 is 0. The minimum absolute atomic E-state index is 0.361. The first kappa shape index (κ1) is 76.1. The van der Waals surface area contributed by atoms with Crippen molar-refractivity contribution in [1.82, 2.24) is 0 Å². The Morgan fingerprint density at radius 3 is 1.31 bits per heavy atom. The largest absolute Gasteiger partial charge is 0.519 e. The number of carbonyl (C=O) groups excluding carboxylic acids is 2. The van der Waals surface area contributed by atoms with Crippen LogP contribution in [0, 0.1) is 13.8 Å². The van der Waals surface area contributed by atoms with E-state index in [0.29, 0.717) is 73.2 Å². The Kier molecular flexibility index (Phi) is 26.2. The Hall–Kier alpha value is -5.66. The monoisotopic (exact) mass is 1440 g/mol. The molecule has 7 aromatic carbocycles. The first-order valence-electron chi connectivity index (χ1n) is 34.4. The van der Waals surface area contributed by atoms with Crippen molar-refractivity contribution in [2.24, 2.45) is 0 Å². The van der Waals surface area contributed by atoms with E-state index in [9.17, 15) is 9.59 Å². The minimum Gasteiger partial charge on any atom is -0.508 e. The zero-order valence-electron chi connectivity index (χ0n) is 61.7. The normalized spacial score (nSPS) is 14.9. The van der Waals surface area contributed by atoms with Crippen molar-refractivity contribution in [1.29, 1.82) is 1.43 Å². The Morgan fingerprint density at radius 1 is 0.469 bits per heavy atom. The zero-order valence-corrected chi connectivity index (χ0v) is 68.8. The summed E-state index contributed by atoms with van der Waals surface area (Å²) in [6.45, 7) is 39.4. The number of aryl methyl sites for hydroxylation is 5. The van der Waals surface area contributed by atoms with Crippen molar-refractivity contribution >= 4 is 80.8 Å². The Morgan fingerprint density at radius 2 is 0.854 bits per heavy atom. The van der Waals surface area contributed by atoms with Gasteiger partial charge in [0.1, 0.15) is 28.7 Å². The van der Waals surface area contributed by atoms with Crippen LogP contribution < -0.4 is 18.9 Å². The van der Waals surface area contributed by atoms with Crippen LogP contribution in [0.2, 0.25) is 110 Å². The van der Waals surface area contributed by atoms with E-state index in [1.165, 1.54) is 6.92 Å². The number of carbonyl (C=O) groups is 2. The predicted molar refractivity (Wildman–Crippen MR) is 407 cm³/mol. The van der Waals surface area contributed by atoms with Gasteiger partial charge in [-0.2, -0.15) is 0 Å². The molecule has 0 aliphatic heterocycles. The standard InChI is InChI=1S/C72H100O14Si8.C2H6/c1-54-45-47-60(52-69(54)76-4)72(64-40-24-22-38-62(64)63-39-23-25-41-65(63)72)61-48-46-55(2)70(53-61)79-71(75)78-68-44-28-21-34-59(68)37-30-49-92(16,81-88(7,8)9)83-90(12,13)85-94(18,50-29-35-57-32-19-26-42-66(57)74)86-91(14,15)84-93(17,82-89(10,11)80-87(5)6)51-31-36-58-33-20-27-43-67(58)77-56(3)73;1-2/h19-28,32-34,38-48,52-53,74,87H,29-31,35-37,49-51H2,1-18H3;1-2H3/i/hT. The lowest BCUT2D eigenvalue weighted by Crippen LogP contribution is -2.62. The second kappa shape index (κ2) is 33.0. The highest BCUT2D eigenvalue weighted by atomic mass is 28.5. The second-order valence-corrected chi connectivity index (χ2v) is 56.8. The molecule has 0 aromatic heterocycles. The molecule has 96 heavy (non-hydrogen) atoms. The smallest absolute Gasteiger partial charge is 0.508 e. The molecule has 0 spiro atoms. The molecule has 0 saturated carbocycles. The molecule has 0 amide bonds. The topological polar surface area (TPSA) is 156 Å². The van der Waals surface area contributed by atoms with Crippen molar-refractivity contribution in [3.05, 3.63) is 208 Å². The van der Waals surface area contributed by atoms with Crippen LogP contribution >= 0.6 is 0 Å². The maximum atomic E-state index is 14.2. The summed E-state index contributed by atoms with van der Waals surface area (Å²) in [6.07, 6.45) is 3.16. The van der Waals surface area contributed by atoms with Gasteiger partial charge in [-0.3, -0.25) is 4.79 Å². The molecule has 1 aliphatic carbocycles. The summed E-state index contributed by atoms with van der Waals surface area (Å²) in [5, 5.41) is 5.05. The van der Waals surface area contributed by atoms with E-state index < -0.39 is 80.3 Å². The molecule has 3 unspecified atom stereocenters. The summed E-state index contributed by atoms with van der Waals surface area (Å²) in [4.78, 5) is 26.3. The minimum atomic E-state index is -3.25. The number of para-hydroxylation sites is 3. The first-order valence-corrected chi connectivity index (χ1v) is 56.2. The van der Waals surface area contributed by atoms with Crippen LogP contribution in [0.3, 0.4) is 0 Å². The molecule has 8 rings (SSSR count). The Labute approximate surface area is 584 Å². The summed E-state index contributed by atoms with van der Waals surface area (Å²) in [5.41, 5.74) is 10.3. The quantitative estimate of drug-likeness (QED) is 0.0179. The van der Waals surface area contributed by atoms with Gasteiger partial charge in [0.25, 0.3) is 1.43 Å². The molecule has 1 N–H and O–H groups in total. The Bertz CT molecular complexity index is 3750. The number of rotatable bonds is 33. The maximum Gasteiger partial charge on any atom is 0.519 e. The van der Waals surface area contributed by atoms with Crippen molar-refractivity contribution in [3.8, 4) is 39.9 Å². The molecule has 3 atom stereocenters. The van der Waals surface area contributed by atoms with Gasteiger partial charge >= 0.3 is 63.5 Å². The van der Waals surface area contributed by atoms with Gasteiger partial charge in [0.05, 0.1) is 12.5 Å².